The quantitative estimate of drug-likeness (QED) is 0.142. The third-order valence-corrected chi connectivity index (χ3v) is 8.36. The number of nitriles is 1. The fourth-order valence-electron chi connectivity index (χ4n) is 4.86. The van der Waals surface area contributed by atoms with Gasteiger partial charge in [-0.05, 0) is 68.0 Å². The van der Waals surface area contributed by atoms with Crippen molar-refractivity contribution in [1.82, 2.24) is 4.57 Å². The standard InChI is InChI=1S/C30H26BrN3O3S/c1-2-37-30(36)27-24-8-4-6-10-26(24)38-29(27)33-28(35)20(16-32)15-21-18-34(25-9-5-3-7-23(21)25)17-19-11-13-22(31)14-12-19/h3,5,7,9,11-15,18H,2,4,6,8,10,17H2,1H3,(H,33,35). The van der Waals surface area contributed by atoms with Gasteiger partial charge in [0.1, 0.15) is 16.6 Å². The summed E-state index contributed by atoms with van der Waals surface area (Å²) >= 11 is 4.89. The number of thiophene rings is 1. The van der Waals surface area contributed by atoms with E-state index in [2.05, 4.69) is 44.0 Å². The zero-order valence-electron chi connectivity index (χ0n) is 20.9. The molecule has 8 heteroatoms. The molecule has 4 aromatic rings. The number of esters is 1. The van der Waals surface area contributed by atoms with Crippen molar-refractivity contribution < 1.29 is 14.3 Å². The van der Waals surface area contributed by atoms with E-state index < -0.39 is 11.9 Å². The lowest BCUT2D eigenvalue weighted by molar-refractivity contribution is -0.112. The van der Waals surface area contributed by atoms with Crippen molar-refractivity contribution in [2.24, 2.45) is 0 Å². The van der Waals surface area contributed by atoms with E-state index in [1.807, 2.05) is 42.6 Å². The molecule has 1 aliphatic rings. The molecule has 38 heavy (non-hydrogen) atoms. The maximum absolute atomic E-state index is 13.3. The minimum absolute atomic E-state index is 0.0299. The Balaban J connectivity index is 1.47. The van der Waals surface area contributed by atoms with Crippen molar-refractivity contribution >= 4 is 61.1 Å². The number of fused-ring (bicyclic) bond motifs is 2. The van der Waals surface area contributed by atoms with Gasteiger partial charge in [-0.3, -0.25) is 4.79 Å². The van der Waals surface area contributed by atoms with E-state index in [0.29, 0.717) is 17.1 Å². The molecule has 1 aliphatic carbocycles. The number of aryl methyl sites for hydroxylation is 1. The van der Waals surface area contributed by atoms with Crippen LogP contribution in [0.4, 0.5) is 5.00 Å². The number of carbonyl (C=O) groups is 2. The Hall–Kier alpha value is -3.67. The lowest BCUT2D eigenvalue weighted by Crippen LogP contribution is -2.16. The molecular weight excluding hydrogens is 562 g/mol. The molecule has 0 aliphatic heterocycles. The van der Waals surface area contributed by atoms with Gasteiger partial charge >= 0.3 is 5.97 Å². The second kappa shape index (κ2) is 11.4. The summed E-state index contributed by atoms with van der Waals surface area (Å²) in [4.78, 5) is 27.2. The first-order chi connectivity index (χ1) is 18.5. The lowest BCUT2D eigenvalue weighted by atomic mass is 9.95. The SMILES string of the molecule is CCOC(=O)c1c(NC(=O)C(C#N)=Cc2cn(Cc3ccc(Br)cc3)c3ccccc23)sc2c1CCCC2. The van der Waals surface area contributed by atoms with Crippen LogP contribution in [0.5, 0.6) is 0 Å². The van der Waals surface area contributed by atoms with Crippen LogP contribution < -0.4 is 5.32 Å². The molecule has 0 unspecified atom stereocenters. The van der Waals surface area contributed by atoms with E-state index in [1.54, 1.807) is 13.0 Å². The zero-order chi connectivity index (χ0) is 26.6. The maximum atomic E-state index is 13.3. The highest BCUT2D eigenvalue weighted by Gasteiger charge is 2.28. The Morgan fingerprint density at radius 2 is 1.92 bits per heavy atom. The van der Waals surface area contributed by atoms with E-state index in [4.69, 9.17) is 4.74 Å². The number of para-hydroxylation sites is 1. The smallest absolute Gasteiger partial charge is 0.341 e. The second-order valence-electron chi connectivity index (χ2n) is 9.12. The predicted molar refractivity (Wildman–Crippen MR) is 154 cm³/mol. The highest BCUT2D eigenvalue weighted by Crippen LogP contribution is 2.39. The van der Waals surface area contributed by atoms with Gasteiger partial charge in [0.05, 0.1) is 12.2 Å². The van der Waals surface area contributed by atoms with Crippen LogP contribution in [-0.4, -0.2) is 23.1 Å². The fraction of sp³-hybridized carbons (Fsp3) is 0.233. The first kappa shape index (κ1) is 26.0. The Labute approximate surface area is 233 Å². The van der Waals surface area contributed by atoms with Gasteiger partial charge in [-0.1, -0.05) is 46.3 Å². The van der Waals surface area contributed by atoms with Gasteiger partial charge in [0, 0.05) is 38.6 Å². The molecule has 0 saturated heterocycles. The Morgan fingerprint density at radius 1 is 1.16 bits per heavy atom. The molecule has 0 saturated carbocycles. The summed E-state index contributed by atoms with van der Waals surface area (Å²) in [5.74, 6) is -0.970. The summed E-state index contributed by atoms with van der Waals surface area (Å²) in [6.07, 6.45) is 7.29. The molecular formula is C30H26BrN3O3S. The average Bonchev–Trinajstić information content (AvgIpc) is 3.46. The van der Waals surface area contributed by atoms with Gasteiger partial charge < -0.3 is 14.6 Å². The fourth-order valence-corrected chi connectivity index (χ4v) is 6.39. The number of nitrogens with zero attached hydrogens (tertiary/aromatic N) is 2. The van der Waals surface area contributed by atoms with Crippen molar-refractivity contribution in [3.8, 4) is 6.07 Å². The number of carbonyl (C=O) groups excluding carboxylic acids is 2. The van der Waals surface area contributed by atoms with Crippen molar-refractivity contribution in [3.63, 3.8) is 0 Å². The minimum Gasteiger partial charge on any atom is -0.462 e. The molecule has 2 heterocycles. The van der Waals surface area contributed by atoms with Crippen molar-refractivity contribution in [2.45, 2.75) is 39.2 Å². The summed E-state index contributed by atoms with van der Waals surface area (Å²) in [5, 5.41) is 14.2. The monoisotopic (exact) mass is 587 g/mol. The first-order valence-corrected chi connectivity index (χ1v) is 14.2. The third-order valence-electron chi connectivity index (χ3n) is 6.63. The van der Waals surface area contributed by atoms with Crippen LogP contribution in [-0.2, 0) is 28.9 Å². The molecule has 2 aromatic carbocycles. The minimum atomic E-state index is -0.540. The highest BCUT2D eigenvalue weighted by molar-refractivity contribution is 9.10. The number of anilines is 1. The number of ether oxygens (including phenoxy) is 1. The van der Waals surface area contributed by atoms with E-state index in [9.17, 15) is 14.9 Å². The molecule has 1 N–H and O–H groups in total. The highest BCUT2D eigenvalue weighted by atomic mass is 79.9. The largest absolute Gasteiger partial charge is 0.462 e. The third kappa shape index (κ3) is 5.31. The normalized spacial score (nSPS) is 13.1. The summed E-state index contributed by atoms with van der Waals surface area (Å²) in [6, 6.07) is 18.1. The average molecular weight is 589 g/mol. The van der Waals surface area contributed by atoms with Gasteiger partial charge in [-0.25, -0.2) is 4.79 Å². The maximum Gasteiger partial charge on any atom is 0.341 e. The van der Waals surface area contributed by atoms with Gasteiger partial charge in [-0.2, -0.15) is 5.26 Å². The summed E-state index contributed by atoms with van der Waals surface area (Å²) < 4.78 is 8.43. The number of benzene rings is 2. The van der Waals surface area contributed by atoms with E-state index in [-0.39, 0.29) is 12.2 Å². The molecule has 0 fully saturated rings. The molecule has 1 amide bonds. The topological polar surface area (TPSA) is 84.1 Å². The van der Waals surface area contributed by atoms with Crippen LogP contribution in [0.3, 0.4) is 0 Å². The molecule has 6 nitrogen and oxygen atoms in total. The molecule has 2 aromatic heterocycles. The Kier molecular flexibility index (Phi) is 7.77. The number of hydrogen-bond donors (Lipinski definition) is 1. The van der Waals surface area contributed by atoms with Crippen molar-refractivity contribution in [1.29, 1.82) is 5.26 Å². The van der Waals surface area contributed by atoms with Gasteiger partial charge in [-0.15, -0.1) is 11.3 Å². The van der Waals surface area contributed by atoms with E-state index in [0.717, 1.165) is 62.6 Å². The zero-order valence-corrected chi connectivity index (χ0v) is 23.3. The summed E-state index contributed by atoms with van der Waals surface area (Å²) in [6.45, 7) is 2.67. The van der Waals surface area contributed by atoms with Crippen LogP contribution in [0.25, 0.3) is 17.0 Å². The lowest BCUT2D eigenvalue weighted by Gasteiger charge is -2.12. The Morgan fingerprint density at radius 3 is 2.68 bits per heavy atom. The van der Waals surface area contributed by atoms with Crippen LogP contribution in [0.2, 0.25) is 0 Å². The molecule has 0 bridgehead atoms. The van der Waals surface area contributed by atoms with Crippen LogP contribution >= 0.6 is 27.3 Å². The van der Waals surface area contributed by atoms with Gasteiger partial charge in [0.2, 0.25) is 0 Å². The number of aromatic nitrogens is 1. The number of halogens is 1. The number of amides is 1. The summed E-state index contributed by atoms with van der Waals surface area (Å²) in [7, 11) is 0. The van der Waals surface area contributed by atoms with E-state index >= 15 is 0 Å². The van der Waals surface area contributed by atoms with Crippen molar-refractivity contribution in [2.75, 3.05) is 11.9 Å². The number of rotatable bonds is 7. The molecule has 0 atom stereocenters. The Bertz CT molecular complexity index is 1590. The van der Waals surface area contributed by atoms with Crippen LogP contribution in [0.15, 0.2) is 64.8 Å². The second-order valence-corrected chi connectivity index (χ2v) is 11.1. The molecule has 0 radical (unpaired) electrons. The molecule has 5 rings (SSSR count). The van der Waals surface area contributed by atoms with E-state index in [1.165, 1.54) is 11.3 Å². The number of hydrogen-bond acceptors (Lipinski definition) is 5. The summed E-state index contributed by atoms with van der Waals surface area (Å²) in [5.41, 5.74) is 4.29. The molecule has 0 spiro atoms. The number of nitrogens with one attached hydrogen (secondary N) is 1. The molecule has 192 valence electrons. The van der Waals surface area contributed by atoms with Gasteiger partial charge in [0.25, 0.3) is 5.91 Å². The van der Waals surface area contributed by atoms with Crippen LogP contribution in [0.1, 0.15) is 51.7 Å². The van der Waals surface area contributed by atoms with Crippen molar-refractivity contribution in [3.05, 3.63) is 91.9 Å². The van der Waals surface area contributed by atoms with Crippen LogP contribution in [0, 0.1) is 11.3 Å². The van der Waals surface area contributed by atoms with Gasteiger partial charge in [0.15, 0.2) is 0 Å². The first-order valence-electron chi connectivity index (χ1n) is 12.6. The predicted octanol–water partition coefficient (Wildman–Crippen LogP) is 7.11.